The van der Waals surface area contributed by atoms with E-state index in [1.54, 1.807) is 0 Å². The van der Waals surface area contributed by atoms with Gasteiger partial charge in [-0.15, -0.1) is 23.2 Å². The lowest BCUT2D eigenvalue weighted by molar-refractivity contribution is 0.620. The number of alkyl halides is 2. The second-order valence-corrected chi connectivity index (χ2v) is 5.12. The molecular weight excluding hydrogens is 229 g/mol. The van der Waals surface area contributed by atoms with Gasteiger partial charge in [0.15, 0.2) is 0 Å². The summed E-state index contributed by atoms with van der Waals surface area (Å²) < 4.78 is 0. The van der Waals surface area contributed by atoms with Gasteiger partial charge in [-0.1, -0.05) is 24.8 Å². The Bertz CT molecular complexity index is 414. The van der Waals surface area contributed by atoms with E-state index in [9.17, 15) is 0 Å². The normalized spacial score (nSPS) is 24.9. The minimum atomic E-state index is -0.490. The number of rotatable bonds is 1. The second kappa shape index (κ2) is 3.43. The van der Waals surface area contributed by atoms with E-state index in [0.717, 1.165) is 16.9 Å². The van der Waals surface area contributed by atoms with Crippen LogP contribution in [0.3, 0.4) is 0 Å². The van der Waals surface area contributed by atoms with Crippen molar-refractivity contribution >= 4 is 28.9 Å². The van der Waals surface area contributed by atoms with Crippen LogP contribution >= 0.6 is 23.2 Å². The summed E-state index contributed by atoms with van der Waals surface area (Å²) in [5.41, 5.74) is 2.84. The maximum absolute atomic E-state index is 6.09. The van der Waals surface area contributed by atoms with E-state index in [0.29, 0.717) is 0 Å². The van der Waals surface area contributed by atoms with Crippen molar-refractivity contribution in [1.29, 1.82) is 0 Å². The summed E-state index contributed by atoms with van der Waals surface area (Å²) in [6, 6.07) is 8.12. The molecule has 1 aliphatic heterocycles. The van der Waals surface area contributed by atoms with Crippen molar-refractivity contribution in [2.45, 2.75) is 17.2 Å². The van der Waals surface area contributed by atoms with Gasteiger partial charge in [0.1, 0.15) is 4.84 Å². The first-order chi connectivity index (χ1) is 6.99. The standard InChI is InChI=1S/C12H13Cl2N/c1-8-12(2,11(13)14)9-6-4-5-7-10(9)15(8)3/h4-7,11H,1H2,2-3H3. The molecule has 0 N–H and O–H groups in total. The Labute approximate surface area is 100 Å². The molecular formula is C12H13Cl2N. The van der Waals surface area contributed by atoms with E-state index in [1.165, 1.54) is 0 Å². The second-order valence-electron chi connectivity index (χ2n) is 4.03. The molecule has 15 heavy (non-hydrogen) atoms. The lowest BCUT2D eigenvalue weighted by atomic mass is 9.84. The number of hydrogen-bond acceptors (Lipinski definition) is 1. The largest absolute Gasteiger partial charge is 0.348 e. The fourth-order valence-corrected chi connectivity index (χ4v) is 2.58. The van der Waals surface area contributed by atoms with Crippen LogP contribution in [0.25, 0.3) is 0 Å². The molecule has 1 aromatic rings. The van der Waals surface area contributed by atoms with Crippen molar-refractivity contribution < 1.29 is 0 Å². The van der Waals surface area contributed by atoms with Crippen LogP contribution in [0.4, 0.5) is 5.69 Å². The van der Waals surface area contributed by atoms with Crippen molar-refractivity contribution in [3.8, 4) is 0 Å². The van der Waals surface area contributed by atoms with Crippen molar-refractivity contribution in [2.24, 2.45) is 0 Å². The summed E-state index contributed by atoms with van der Waals surface area (Å²) in [6.45, 7) is 6.11. The Balaban J connectivity index is 2.66. The third-order valence-electron chi connectivity index (χ3n) is 3.27. The molecule has 3 heteroatoms. The van der Waals surface area contributed by atoms with Gasteiger partial charge in [-0.25, -0.2) is 0 Å². The zero-order valence-electron chi connectivity index (χ0n) is 8.80. The number of anilines is 1. The molecule has 1 nitrogen and oxygen atoms in total. The number of likely N-dealkylation sites (N-methyl/N-ethyl adjacent to an activating group) is 1. The third-order valence-corrected chi connectivity index (χ3v) is 4.14. The van der Waals surface area contributed by atoms with Gasteiger partial charge in [0.05, 0.1) is 5.41 Å². The highest BCUT2D eigenvalue weighted by Crippen LogP contribution is 2.50. The van der Waals surface area contributed by atoms with Crippen molar-refractivity contribution in [2.75, 3.05) is 11.9 Å². The Kier molecular flexibility index (Phi) is 2.48. The molecule has 1 aliphatic rings. The molecule has 0 amide bonds. The Morgan fingerprint density at radius 3 is 2.53 bits per heavy atom. The summed E-state index contributed by atoms with van der Waals surface area (Å²) in [7, 11) is 1.99. The van der Waals surface area contributed by atoms with Crippen LogP contribution in [0.5, 0.6) is 0 Å². The van der Waals surface area contributed by atoms with Crippen LogP contribution < -0.4 is 4.90 Å². The molecule has 0 saturated heterocycles. The van der Waals surface area contributed by atoms with Gasteiger partial charge >= 0.3 is 0 Å². The number of hydrogen-bond donors (Lipinski definition) is 0. The predicted octanol–water partition coefficient (Wildman–Crippen LogP) is 3.71. The lowest BCUT2D eigenvalue weighted by Gasteiger charge is -2.28. The van der Waals surface area contributed by atoms with E-state index < -0.39 is 4.84 Å². The highest BCUT2D eigenvalue weighted by molar-refractivity contribution is 6.45. The van der Waals surface area contributed by atoms with Crippen molar-refractivity contribution in [3.63, 3.8) is 0 Å². The SMILES string of the molecule is C=C1N(C)c2ccccc2C1(C)C(Cl)Cl. The van der Waals surface area contributed by atoms with Gasteiger partial charge in [0.2, 0.25) is 0 Å². The Morgan fingerprint density at radius 2 is 1.93 bits per heavy atom. The summed E-state index contributed by atoms with van der Waals surface area (Å²) in [4.78, 5) is 1.56. The molecule has 0 radical (unpaired) electrons. The molecule has 0 fully saturated rings. The maximum Gasteiger partial charge on any atom is 0.122 e. The fourth-order valence-electron chi connectivity index (χ4n) is 2.10. The first-order valence-electron chi connectivity index (χ1n) is 4.80. The molecule has 1 aromatic carbocycles. The van der Waals surface area contributed by atoms with Crippen molar-refractivity contribution in [3.05, 3.63) is 42.1 Å². The van der Waals surface area contributed by atoms with E-state index in [4.69, 9.17) is 23.2 Å². The van der Waals surface area contributed by atoms with Gasteiger partial charge < -0.3 is 4.90 Å². The quantitative estimate of drug-likeness (QED) is 0.678. The molecule has 0 bridgehead atoms. The number of halogens is 2. The van der Waals surface area contributed by atoms with Crippen LogP contribution in [-0.2, 0) is 5.41 Å². The molecule has 0 spiro atoms. The molecule has 0 saturated carbocycles. The van der Waals surface area contributed by atoms with Gasteiger partial charge in [-0.2, -0.15) is 0 Å². The number of para-hydroxylation sites is 1. The summed E-state index contributed by atoms with van der Waals surface area (Å²) in [5.74, 6) is 0. The van der Waals surface area contributed by atoms with Gasteiger partial charge in [0.25, 0.3) is 0 Å². The summed E-state index contributed by atoms with van der Waals surface area (Å²) >= 11 is 12.2. The Hall–Kier alpha value is -0.660. The molecule has 0 aliphatic carbocycles. The van der Waals surface area contributed by atoms with E-state index in [2.05, 4.69) is 18.7 Å². The van der Waals surface area contributed by atoms with Crippen LogP contribution in [0, 0.1) is 0 Å². The van der Waals surface area contributed by atoms with Crippen molar-refractivity contribution in [1.82, 2.24) is 0 Å². The monoisotopic (exact) mass is 241 g/mol. The van der Waals surface area contributed by atoms with E-state index in [1.807, 2.05) is 31.0 Å². The molecule has 0 aromatic heterocycles. The van der Waals surface area contributed by atoms with Crippen LogP contribution in [0.1, 0.15) is 12.5 Å². The molecule has 1 unspecified atom stereocenters. The first-order valence-corrected chi connectivity index (χ1v) is 5.67. The fraction of sp³-hybridized carbons (Fsp3) is 0.333. The Morgan fingerprint density at radius 1 is 1.33 bits per heavy atom. The van der Waals surface area contributed by atoms with E-state index in [-0.39, 0.29) is 5.41 Å². The first kappa shape index (κ1) is 10.8. The van der Waals surface area contributed by atoms with E-state index >= 15 is 0 Å². The topological polar surface area (TPSA) is 3.24 Å². The number of fused-ring (bicyclic) bond motifs is 1. The highest BCUT2D eigenvalue weighted by atomic mass is 35.5. The smallest absolute Gasteiger partial charge is 0.122 e. The predicted molar refractivity (Wildman–Crippen MR) is 66.8 cm³/mol. The number of nitrogens with zero attached hydrogens (tertiary/aromatic N) is 1. The third kappa shape index (κ3) is 1.30. The molecule has 80 valence electrons. The summed E-state index contributed by atoms with van der Waals surface area (Å²) in [6.07, 6.45) is 0. The summed E-state index contributed by atoms with van der Waals surface area (Å²) in [5, 5.41) is 0. The van der Waals surface area contributed by atoms with Crippen LogP contribution in [-0.4, -0.2) is 11.9 Å². The number of benzene rings is 1. The number of allylic oxidation sites excluding steroid dienone is 1. The van der Waals surface area contributed by atoms with Crippen LogP contribution in [0.2, 0.25) is 0 Å². The molecule has 1 atom stereocenters. The average molecular weight is 242 g/mol. The lowest BCUT2D eigenvalue weighted by Crippen LogP contribution is -2.31. The molecule has 2 rings (SSSR count). The minimum Gasteiger partial charge on any atom is -0.348 e. The van der Waals surface area contributed by atoms with Gasteiger partial charge in [0, 0.05) is 18.4 Å². The average Bonchev–Trinajstić information content (AvgIpc) is 2.43. The van der Waals surface area contributed by atoms with Gasteiger partial charge in [-0.3, -0.25) is 0 Å². The molecule has 1 heterocycles. The van der Waals surface area contributed by atoms with Crippen LogP contribution in [0.15, 0.2) is 36.5 Å². The highest BCUT2D eigenvalue weighted by Gasteiger charge is 2.45. The minimum absolute atomic E-state index is 0.381. The zero-order chi connectivity index (χ0) is 11.2. The van der Waals surface area contributed by atoms with Gasteiger partial charge in [-0.05, 0) is 18.6 Å². The zero-order valence-corrected chi connectivity index (χ0v) is 10.3. The maximum atomic E-state index is 6.09.